The van der Waals surface area contributed by atoms with Crippen LogP contribution in [-0.4, -0.2) is 9.97 Å². The number of rotatable bonds is 6. The van der Waals surface area contributed by atoms with E-state index in [1.807, 2.05) is 0 Å². The van der Waals surface area contributed by atoms with Crippen LogP contribution in [0.15, 0.2) is 231 Å². The molecule has 0 bridgehead atoms. The van der Waals surface area contributed by atoms with Crippen LogP contribution < -0.4 is 0 Å². The van der Waals surface area contributed by atoms with Crippen LogP contribution in [0.5, 0.6) is 0 Å². The van der Waals surface area contributed by atoms with Gasteiger partial charge in [-0.1, -0.05) is 232 Å². The zero-order valence-corrected chi connectivity index (χ0v) is 35.8. The SMILES string of the molecule is CC1(C)c2ccccc2C2(c3ccc(-c4ccc(-c5ccc(-c6ccccc6)cc5)cc4)cc3-c3c(-c4nc(-c5ccccc5)cc(-c5ccccc5)n4)cccc32)c2ccccc21. The first-order valence-electron chi connectivity index (χ1n) is 22.2. The van der Waals surface area contributed by atoms with E-state index >= 15 is 0 Å². The van der Waals surface area contributed by atoms with Crippen molar-refractivity contribution in [3.05, 3.63) is 264 Å². The number of aromatic nitrogens is 2. The molecule has 0 radical (unpaired) electrons. The van der Waals surface area contributed by atoms with Crippen molar-refractivity contribution in [1.29, 1.82) is 0 Å². The van der Waals surface area contributed by atoms with Crippen LogP contribution in [0.3, 0.4) is 0 Å². The third-order valence-electron chi connectivity index (χ3n) is 13.8. The summed E-state index contributed by atoms with van der Waals surface area (Å²) in [6, 6.07) is 83.9. The molecule has 2 nitrogen and oxygen atoms in total. The van der Waals surface area contributed by atoms with Gasteiger partial charge in [0.15, 0.2) is 5.82 Å². The van der Waals surface area contributed by atoms with E-state index in [1.165, 1.54) is 77.9 Å². The van der Waals surface area contributed by atoms with Gasteiger partial charge in [-0.15, -0.1) is 0 Å². The maximum atomic E-state index is 5.43. The molecule has 9 aromatic carbocycles. The van der Waals surface area contributed by atoms with Crippen LogP contribution in [0.1, 0.15) is 47.2 Å². The molecule has 0 unspecified atom stereocenters. The maximum Gasteiger partial charge on any atom is 0.161 e. The number of nitrogens with zero attached hydrogens (tertiary/aromatic N) is 2. The van der Waals surface area contributed by atoms with Crippen LogP contribution in [0.4, 0.5) is 0 Å². The molecule has 0 atom stereocenters. The number of hydrogen-bond donors (Lipinski definition) is 0. The molecule has 1 aromatic heterocycles. The maximum absolute atomic E-state index is 5.43. The predicted octanol–water partition coefficient (Wildman–Crippen LogP) is 15.5. The molecule has 302 valence electrons. The molecule has 0 N–H and O–H groups in total. The highest BCUT2D eigenvalue weighted by molar-refractivity contribution is 5.97. The Balaban J connectivity index is 1.07. The molecular formula is C62H44N2. The lowest BCUT2D eigenvalue weighted by Gasteiger charge is -2.46. The summed E-state index contributed by atoms with van der Waals surface area (Å²) in [5.74, 6) is 0.714. The van der Waals surface area contributed by atoms with Crippen molar-refractivity contribution in [1.82, 2.24) is 9.97 Å². The van der Waals surface area contributed by atoms with E-state index in [2.05, 4.69) is 244 Å². The van der Waals surface area contributed by atoms with Gasteiger partial charge in [0.05, 0.1) is 16.8 Å². The molecule has 12 rings (SSSR count). The summed E-state index contributed by atoms with van der Waals surface area (Å²) in [7, 11) is 0. The zero-order chi connectivity index (χ0) is 42.8. The Morgan fingerprint density at radius 1 is 0.281 bits per heavy atom. The molecule has 1 spiro atoms. The second-order valence-corrected chi connectivity index (χ2v) is 17.7. The average molecular weight is 817 g/mol. The van der Waals surface area contributed by atoms with E-state index < -0.39 is 5.41 Å². The van der Waals surface area contributed by atoms with E-state index in [0.29, 0.717) is 5.82 Å². The first kappa shape index (κ1) is 37.8. The molecule has 0 saturated carbocycles. The molecule has 10 aromatic rings. The van der Waals surface area contributed by atoms with Crippen molar-refractivity contribution < 1.29 is 0 Å². The summed E-state index contributed by atoms with van der Waals surface area (Å²) in [6.45, 7) is 4.76. The summed E-state index contributed by atoms with van der Waals surface area (Å²) >= 11 is 0. The fraction of sp³-hybridized carbons (Fsp3) is 0.0645. The van der Waals surface area contributed by atoms with Crippen LogP contribution in [0.2, 0.25) is 0 Å². The second kappa shape index (κ2) is 14.9. The highest BCUT2D eigenvalue weighted by atomic mass is 14.9. The monoisotopic (exact) mass is 816 g/mol. The Labute approximate surface area is 375 Å². The van der Waals surface area contributed by atoms with Gasteiger partial charge in [-0.3, -0.25) is 0 Å². The molecule has 0 amide bonds. The van der Waals surface area contributed by atoms with Crippen molar-refractivity contribution in [3.63, 3.8) is 0 Å². The lowest BCUT2D eigenvalue weighted by Crippen LogP contribution is -2.40. The Bertz CT molecular complexity index is 3260. The van der Waals surface area contributed by atoms with Crippen molar-refractivity contribution in [2.45, 2.75) is 24.7 Å². The van der Waals surface area contributed by atoms with Gasteiger partial charge in [-0.2, -0.15) is 0 Å². The smallest absolute Gasteiger partial charge is 0.161 e. The summed E-state index contributed by atoms with van der Waals surface area (Å²) in [6.07, 6.45) is 0. The normalized spacial score (nSPS) is 13.7. The topological polar surface area (TPSA) is 25.8 Å². The van der Waals surface area contributed by atoms with Gasteiger partial charge >= 0.3 is 0 Å². The minimum absolute atomic E-state index is 0.194. The summed E-state index contributed by atoms with van der Waals surface area (Å²) in [5, 5.41) is 0. The van der Waals surface area contributed by atoms with Crippen molar-refractivity contribution in [2.24, 2.45) is 0 Å². The standard InChI is InChI=1S/C62H44N2/c1-61(2)52-24-12-14-26-54(52)62(55-27-15-13-25-53(55)61)51-38-37-48(45-35-33-44(34-36-45)43-31-29-42(30-32-43)41-17-6-3-7-18-41)39-50(51)59-49(23-16-28-56(59)62)60-63-57(46-19-8-4-9-20-46)40-58(64-60)47-21-10-5-11-22-47/h3-40H,1-2H3. The fourth-order valence-electron chi connectivity index (χ4n) is 10.7. The zero-order valence-electron chi connectivity index (χ0n) is 35.8. The lowest BCUT2D eigenvalue weighted by molar-refractivity contribution is 0.563. The molecule has 2 aliphatic carbocycles. The molecule has 0 aliphatic heterocycles. The summed E-state index contributed by atoms with van der Waals surface area (Å²) in [4.78, 5) is 10.9. The number of hydrogen-bond acceptors (Lipinski definition) is 2. The first-order valence-corrected chi connectivity index (χ1v) is 22.2. The Kier molecular flexibility index (Phi) is 8.77. The number of benzene rings is 9. The Morgan fingerprint density at radius 2 is 0.672 bits per heavy atom. The third kappa shape index (κ3) is 5.87. The highest BCUT2D eigenvalue weighted by Crippen LogP contribution is 2.63. The van der Waals surface area contributed by atoms with E-state index in [0.717, 1.165) is 28.1 Å². The lowest BCUT2D eigenvalue weighted by atomic mass is 9.55. The van der Waals surface area contributed by atoms with Crippen LogP contribution >= 0.6 is 0 Å². The average Bonchev–Trinajstić information content (AvgIpc) is 3.67. The van der Waals surface area contributed by atoms with E-state index in [4.69, 9.17) is 9.97 Å². The first-order chi connectivity index (χ1) is 31.5. The van der Waals surface area contributed by atoms with Gasteiger partial charge in [0, 0.05) is 22.1 Å². The van der Waals surface area contributed by atoms with Gasteiger partial charge < -0.3 is 0 Å². The molecule has 2 aliphatic rings. The van der Waals surface area contributed by atoms with Crippen molar-refractivity contribution >= 4 is 0 Å². The van der Waals surface area contributed by atoms with E-state index in [-0.39, 0.29) is 5.41 Å². The molecule has 0 saturated heterocycles. The quantitative estimate of drug-likeness (QED) is 0.167. The second-order valence-electron chi connectivity index (χ2n) is 17.7. The van der Waals surface area contributed by atoms with Crippen LogP contribution in [0, 0.1) is 0 Å². The number of fused-ring (bicyclic) bond motifs is 9. The van der Waals surface area contributed by atoms with Crippen LogP contribution in [-0.2, 0) is 10.8 Å². The van der Waals surface area contributed by atoms with Gasteiger partial charge in [-0.05, 0) is 90.0 Å². The molecule has 2 heteroatoms. The largest absolute Gasteiger partial charge is 0.228 e. The highest BCUT2D eigenvalue weighted by Gasteiger charge is 2.53. The Morgan fingerprint density at radius 3 is 1.17 bits per heavy atom. The van der Waals surface area contributed by atoms with E-state index in [1.54, 1.807) is 0 Å². The molecule has 1 heterocycles. The summed E-state index contributed by atoms with van der Waals surface area (Å²) in [5.41, 5.74) is 21.7. The molecule has 0 fully saturated rings. The fourth-order valence-corrected chi connectivity index (χ4v) is 10.7. The predicted molar refractivity (Wildman–Crippen MR) is 264 cm³/mol. The minimum Gasteiger partial charge on any atom is -0.228 e. The Hall–Kier alpha value is -7.94. The molecule has 64 heavy (non-hydrogen) atoms. The minimum atomic E-state index is -0.559. The third-order valence-corrected chi connectivity index (χ3v) is 13.8. The van der Waals surface area contributed by atoms with Crippen molar-refractivity contribution in [3.8, 4) is 78.4 Å². The molecular weight excluding hydrogens is 773 g/mol. The van der Waals surface area contributed by atoms with Crippen molar-refractivity contribution in [2.75, 3.05) is 0 Å². The van der Waals surface area contributed by atoms with Gasteiger partial charge in [0.25, 0.3) is 0 Å². The van der Waals surface area contributed by atoms with Gasteiger partial charge in [-0.25, -0.2) is 9.97 Å². The van der Waals surface area contributed by atoms with Gasteiger partial charge in [0.2, 0.25) is 0 Å². The van der Waals surface area contributed by atoms with E-state index in [9.17, 15) is 0 Å². The summed E-state index contributed by atoms with van der Waals surface area (Å²) < 4.78 is 0. The van der Waals surface area contributed by atoms with Gasteiger partial charge in [0.1, 0.15) is 0 Å². The van der Waals surface area contributed by atoms with Crippen LogP contribution in [0.25, 0.3) is 78.4 Å².